The number of carbonyl (C=O) groups is 1. The summed E-state index contributed by atoms with van der Waals surface area (Å²) in [6.07, 6.45) is 1.53. The van der Waals surface area contributed by atoms with Gasteiger partial charge in [-0.05, 0) is 18.2 Å². The van der Waals surface area contributed by atoms with E-state index >= 15 is 0 Å². The smallest absolute Gasteiger partial charge is 0.274 e. The molecular formula is C13H14N4O2. The van der Waals surface area contributed by atoms with Gasteiger partial charge >= 0.3 is 0 Å². The van der Waals surface area contributed by atoms with Crippen LogP contribution in [0.5, 0.6) is 5.75 Å². The topological polar surface area (TPSA) is 76.1 Å². The summed E-state index contributed by atoms with van der Waals surface area (Å²) in [5.41, 5.74) is 0.941. The first kappa shape index (κ1) is 12.8. The van der Waals surface area contributed by atoms with Crippen LogP contribution in [0, 0.1) is 0 Å². The van der Waals surface area contributed by atoms with Crippen molar-refractivity contribution in [3.8, 4) is 5.75 Å². The van der Waals surface area contributed by atoms with E-state index in [9.17, 15) is 4.79 Å². The molecule has 0 radical (unpaired) electrons. The largest absolute Gasteiger partial charge is 0.497 e. The number of anilines is 2. The molecule has 0 spiro atoms. The lowest BCUT2D eigenvalue weighted by atomic mass is 10.3. The van der Waals surface area contributed by atoms with Crippen LogP contribution in [0.3, 0.4) is 0 Å². The number of aromatic nitrogens is 2. The molecule has 6 heteroatoms. The van der Waals surface area contributed by atoms with Crippen molar-refractivity contribution in [3.05, 3.63) is 42.2 Å². The van der Waals surface area contributed by atoms with Crippen LogP contribution in [0.15, 0.2) is 36.5 Å². The number of amides is 1. The summed E-state index contributed by atoms with van der Waals surface area (Å²) in [4.78, 5) is 20.0. The van der Waals surface area contributed by atoms with E-state index in [-0.39, 0.29) is 5.91 Å². The Morgan fingerprint density at radius 3 is 2.89 bits per heavy atom. The van der Waals surface area contributed by atoms with Gasteiger partial charge in [0.1, 0.15) is 11.4 Å². The van der Waals surface area contributed by atoms with E-state index in [1.165, 1.54) is 6.20 Å². The van der Waals surface area contributed by atoms with Crippen molar-refractivity contribution in [2.45, 2.75) is 0 Å². The van der Waals surface area contributed by atoms with Gasteiger partial charge in [0.15, 0.2) is 0 Å². The molecular weight excluding hydrogens is 244 g/mol. The highest BCUT2D eigenvalue weighted by Gasteiger charge is 2.09. The quantitative estimate of drug-likeness (QED) is 0.874. The number of nitrogens with zero attached hydrogens (tertiary/aromatic N) is 2. The van der Waals surface area contributed by atoms with Gasteiger partial charge in [0.2, 0.25) is 5.95 Å². The van der Waals surface area contributed by atoms with Crippen molar-refractivity contribution in [2.75, 3.05) is 24.8 Å². The second-order valence-electron chi connectivity index (χ2n) is 3.70. The molecule has 0 unspecified atom stereocenters. The number of rotatable bonds is 4. The summed E-state index contributed by atoms with van der Waals surface area (Å²) in [6.45, 7) is 0. The zero-order valence-corrected chi connectivity index (χ0v) is 10.7. The van der Waals surface area contributed by atoms with Crippen LogP contribution in [0.2, 0.25) is 0 Å². The second kappa shape index (κ2) is 5.81. The van der Waals surface area contributed by atoms with Crippen LogP contribution in [0.4, 0.5) is 11.6 Å². The van der Waals surface area contributed by atoms with E-state index < -0.39 is 0 Å². The first-order valence-corrected chi connectivity index (χ1v) is 5.69. The molecule has 1 aromatic carbocycles. The minimum Gasteiger partial charge on any atom is -0.497 e. The lowest BCUT2D eigenvalue weighted by molar-refractivity contribution is 0.102. The van der Waals surface area contributed by atoms with E-state index in [2.05, 4.69) is 20.6 Å². The summed E-state index contributed by atoms with van der Waals surface area (Å²) < 4.78 is 5.09. The third kappa shape index (κ3) is 3.19. The Morgan fingerprint density at radius 1 is 1.32 bits per heavy atom. The zero-order chi connectivity index (χ0) is 13.7. The zero-order valence-electron chi connectivity index (χ0n) is 10.7. The predicted octanol–water partition coefficient (Wildman–Crippen LogP) is 1.78. The van der Waals surface area contributed by atoms with Gasteiger partial charge in [0.25, 0.3) is 5.91 Å². The molecule has 0 saturated carbocycles. The van der Waals surface area contributed by atoms with Gasteiger partial charge in [0, 0.05) is 25.0 Å². The van der Waals surface area contributed by atoms with Gasteiger partial charge in [-0.25, -0.2) is 9.97 Å². The van der Waals surface area contributed by atoms with Gasteiger partial charge in [-0.15, -0.1) is 0 Å². The van der Waals surface area contributed by atoms with Crippen molar-refractivity contribution in [2.24, 2.45) is 0 Å². The average molecular weight is 258 g/mol. The molecule has 2 rings (SSSR count). The molecule has 98 valence electrons. The number of ether oxygens (including phenoxy) is 1. The first-order valence-electron chi connectivity index (χ1n) is 5.69. The van der Waals surface area contributed by atoms with Gasteiger partial charge in [-0.1, -0.05) is 6.07 Å². The third-order valence-electron chi connectivity index (χ3n) is 2.44. The Morgan fingerprint density at radius 2 is 2.16 bits per heavy atom. The molecule has 6 nitrogen and oxygen atoms in total. The Bertz CT molecular complexity index is 586. The molecule has 0 atom stereocenters. The lowest BCUT2D eigenvalue weighted by Gasteiger charge is -2.07. The molecule has 0 saturated heterocycles. The van der Waals surface area contributed by atoms with Gasteiger partial charge in [-0.2, -0.15) is 0 Å². The van der Waals surface area contributed by atoms with Crippen LogP contribution in [0.25, 0.3) is 0 Å². The average Bonchev–Trinajstić information content (AvgIpc) is 2.47. The SMILES string of the molecule is CNc1nccc(C(=O)Nc2cccc(OC)c2)n1. The van der Waals surface area contributed by atoms with E-state index in [4.69, 9.17) is 4.74 Å². The number of hydrogen-bond donors (Lipinski definition) is 2. The number of benzene rings is 1. The maximum Gasteiger partial charge on any atom is 0.274 e. The van der Waals surface area contributed by atoms with Crippen LogP contribution < -0.4 is 15.4 Å². The Labute approximate surface area is 110 Å². The van der Waals surface area contributed by atoms with Crippen molar-refractivity contribution >= 4 is 17.5 Å². The van der Waals surface area contributed by atoms with Crippen LogP contribution in [-0.4, -0.2) is 30.0 Å². The van der Waals surface area contributed by atoms with E-state index in [1.807, 2.05) is 0 Å². The summed E-state index contributed by atoms with van der Waals surface area (Å²) in [5, 5.41) is 5.53. The highest BCUT2D eigenvalue weighted by Crippen LogP contribution is 2.17. The molecule has 0 aliphatic carbocycles. The van der Waals surface area contributed by atoms with E-state index in [0.29, 0.717) is 23.1 Å². The minimum absolute atomic E-state index is 0.294. The molecule has 1 amide bonds. The predicted molar refractivity (Wildman–Crippen MR) is 72.5 cm³/mol. The number of nitrogens with one attached hydrogen (secondary N) is 2. The van der Waals surface area contributed by atoms with Crippen LogP contribution in [-0.2, 0) is 0 Å². The summed E-state index contributed by atoms with van der Waals surface area (Å²) in [6, 6.07) is 8.67. The fourth-order valence-corrected chi connectivity index (χ4v) is 1.50. The van der Waals surface area contributed by atoms with Crippen molar-refractivity contribution in [1.82, 2.24) is 9.97 Å². The Hall–Kier alpha value is -2.63. The normalized spacial score (nSPS) is 9.79. The molecule has 19 heavy (non-hydrogen) atoms. The second-order valence-corrected chi connectivity index (χ2v) is 3.70. The van der Waals surface area contributed by atoms with Crippen molar-refractivity contribution in [1.29, 1.82) is 0 Å². The molecule has 0 fully saturated rings. The first-order chi connectivity index (χ1) is 9.22. The van der Waals surface area contributed by atoms with Crippen LogP contribution in [0.1, 0.15) is 10.5 Å². The van der Waals surface area contributed by atoms with Gasteiger partial charge in [0.05, 0.1) is 7.11 Å². The molecule has 2 aromatic rings. The maximum absolute atomic E-state index is 12.0. The number of carbonyl (C=O) groups excluding carboxylic acids is 1. The van der Waals surface area contributed by atoms with Gasteiger partial charge < -0.3 is 15.4 Å². The minimum atomic E-state index is -0.299. The van der Waals surface area contributed by atoms with Crippen molar-refractivity contribution in [3.63, 3.8) is 0 Å². The molecule has 2 N–H and O–H groups in total. The molecule has 0 aliphatic rings. The fraction of sp³-hybridized carbons (Fsp3) is 0.154. The monoisotopic (exact) mass is 258 g/mol. The van der Waals surface area contributed by atoms with E-state index in [1.54, 1.807) is 44.5 Å². The summed E-state index contributed by atoms with van der Waals surface area (Å²) in [7, 11) is 3.27. The van der Waals surface area contributed by atoms with E-state index in [0.717, 1.165) is 0 Å². The Balaban J connectivity index is 2.15. The molecule has 0 aliphatic heterocycles. The number of methoxy groups -OCH3 is 1. The standard InChI is InChI=1S/C13H14N4O2/c1-14-13-15-7-6-11(17-13)12(18)16-9-4-3-5-10(8-9)19-2/h3-8H,1-2H3,(H,16,18)(H,14,15,17). The highest BCUT2D eigenvalue weighted by atomic mass is 16.5. The summed E-state index contributed by atoms with van der Waals surface area (Å²) in [5.74, 6) is 0.779. The lowest BCUT2D eigenvalue weighted by Crippen LogP contribution is -2.14. The summed E-state index contributed by atoms with van der Waals surface area (Å²) >= 11 is 0. The van der Waals surface area contributed by atoms with Crippen molar-refractivity contribution < 1.29 is 9.53 Å². The molecule has 1 aromatic heterocycles. The third-order valence-corrected chi connectivity index (χ3v) is 2.44. The molecule has 0 bridgehead atoms. The highest BCUT2D eigenvalue weighted by molar-refractivity contribution is 6.03. The van der Waals surface area contributed by atoms with Gasteiger partial charge in [-0.3, -0.25) is 4.79 Å². The molecule has 1 heterocycles. The maximum atomic E-state index is 12.0. The van der Waals surface area contributed by atoms with Crippen LogP contribution >= 0.6 is 0 Å². The number of hydrogen-bond acceptors (Lipinski definition) is 5. The Kier molecular flexibility index (Phi) is 3.92. The fourth-order valence-electron chi connectivity index (χ4n) is 1.50.